The first-order valence-electron chi connectivity index (χ1n) is 17.8. The van der Waals surface area contributed by atoms with Gasteiger partial charge in [0.15, 0.2) is 0 Å². The SMILES string of the molecule is c1ccc(N(c2ccc3c(c2)oc2ccccc23)c2ccc3oc4c(C5(c6ccccc6)c6ccccc6-c6ccccc65)cccc4c3c2)cc1. The molecule has 8 aromatic carbocycles. The molecule has 0 bridgehead atoms. The van der Waals surface area contributed by atoms with Crippen molar-refractivity contribution in [3.8, 4) is 11.1 Å². The molecule has 1 aliphatic rings. The molecule has 10 aromatic rings. The van der Waals surface area contributed by atoms with Crippen LogP contribution in [-0.4, -0.2) is 0 Å². The Morgan fingerprint density at radius 1 is 0.346 bits per heavy atom. The first kappa shape index (κ1) is 28.9. The topological polar surface area (TPSA) is 29.5 Å². The predicted molar refractivity (Wildman–Crippen MR) is 213 cm³/mol. The van der Waals surface area contributed by atoms with Crippen LogP contribution in [0.15, 0.2) is 197 Å². The minimum Gasteiger partial charge on any atom is -0.456 e. The molecule has 0 saturated carbocycles. The summed E-state index contributed by atoms with van der Waals surface area (Å²) < 4.78 is 13.3. The van der Waals surface area contributed by atoms with Crippen molar-refractivity contribution in [2.45, 2.75) is 5.41 Å². The Labute approximate surface area is 300 Å². The van der Waals surface area contributed by atoms with Gasteiger partial charge in [-0.1, -0.05) is 133 Å². The molecule has 0 amide bonds. The van der Waals surface area contributed by atoms with Gasteiger partial charge in [0.1, 0.15) is 22.3 Å². The number of benzene rings is 8. The number of nitrogens with zero attached hydrogens (tertiary/aromatic N) is 1. The van der Waals surface area contributed by atoms with Crippen LogP contribution in [0.5, 0.6) is 0 Å². The van der Waals surface area contributed by atoms with E-state index < -0.39 is 5.41 Å². The van der Waals surface area contributed by atoms with Crippen molar-refractivity contribution in [1.29, 1.82) is 0 Å². The minimum atomic E-state index is -0.553. The number of para-hydroxylation sites is 3. The van der Waals surface area contributed by atoms with E-state index in [4.69, 9.17) is 8.83 Å². The van der Waals surface area contributed by atoms with Crippen molar-refractivity contribution in [2.75, 3.05) is 4.90 Å². The minimum absolute atomic E-state index is 0.553. The average Bonchev–Trinajstić information content (AvgIpc) is 3.87. The summed E-state index contributed by atoms with van der Waals surface area (Å²) in [6.07, 6.45) is 0. The van der Waals surface area contributed by atoms with Gasteiger partial charge in [0, 0.05) is 50.2 Å². The number of fused-ring (bicyclic) bond motifs is 9. The lowest BCUT2D eigenvalue weighted by atomic mass is 9.67. The van der Waals surface area contributed by atoms with E-state index in [1.165, 1.54) is 27.8 Å². The number of furan rings is 2. The van der Waals surface area contributed by atoms with Gasteiger partial charge in [0.25, 0.3) is 0 Å². The number of hydrogen-bond acceptors (Lipinski definition) is 3. The van der Waals surface area contributed by atoms with Gasteiger partial charge in [-0.15, -0.1) is 0 Å². The van der Waals surface area contributed by atoms with Gasteiger partial charge in [-0.05, 0) is 76.3 Å². The Balaban J connectivity index is 1.15. The molecule has 0 unspecified atom stereocenters. The van der Waals surface area contributed by atoms with E-state index in [0.717, 1.165) is 66.5 Å². The molecule has 11 rings (SSSR count). The zero-order valence-corrected chi connectivity index (χ0v) is 28.2. The normalized spacial score (nSPS) is 13.2. The molecule has 0 spiro atoms. The van der Waals surface area contributed by atoms with E-state index in [-0.39, 0.29) is 0 Å². The van der Waals surface area contributed by atoms with Gasteiger partial charge >= 0.3 is 0 Å². The Bertz CT molecular complexity index is 2930. The fourth-order valence-corrected chi connectivity index (χ4v) is 8.78. The molecule has 0 radical (unpaired) electrons. The number of rotatable bonds is 5. The van der Waals surface area contributed by atoms with Gasteiger partial charge in [-0.25, -0.2) is 0 Å². The highest BCUT2D eigenvalue weighted by molar-refractivity contribution is 6.09. The lowest BCUT2D eigenvalue weighted by Crippen LogP contribution is -2.28. The standard InChI is InChI=1S/C49H31NO2/c1-3-14-32(15-4-1)49(42-22-10-7-18-36(42)37-19-8-11-23-43(37)49)44-24-13-21-40-41-30-34(27-29-46(41)52-48(40)44)50(33-16-5-2-6-17-33)35-26-28-39-38-20-9-12-25-45(38)51-47(39)31-35/h1-31H. The van der Waals surface area contributed by atoms with Crippen LogP contribution in [0.25, 0.3) is 55.0 Å². The van der Waals surface area contributed by atoms with Crippen molar-refractivity contribution < 1.29 is 8.83 Å². The summed E-state index contributed by atoms with van der Waals surface area (Å²) in [7, 11) is 0. The predicted octanol–water partition coefficient (Wildman–Crippen LogP) is 13.3. The van der Waals surface area contributed by atoms with Crippen molar-refractivity contribution in [2.24, 2.45) is 0 Å². The Kier molecular flexibility index (Phi) is 6.17. The van der Waals surface area contributed by atoms with E-state index in [1.54, 1.807) is 0 Å². The van der Waals surface area contributed by atoms with Crippen LogP contribution in [0.2, 0.25) is 0 Å². The van der Waals surface area contributed by atoms with Crippen LogP contribution in [0.3, 0.4) is 0 Å². The maximum absolute atomic E-state index is 6.98. The van der Waals surface area contributed by atoms with E-state index >= 15 is 0 Å². The third kappa shape index (κ3) is 4.02. The Morgan fingerprint density at radius 2 is 0.923 bits per heavy atom. The molecular weight excluding hydrogens is 635 g/mol. The van der Waals surface area contributed by atoms with Gasteiger partial charge in [0.05, 0.1) is 5.41 Å². The summed E-state index contributed by atoms with van der Waals surface area (Å²) in [4.78, 5) is 2.30. The maximum atomic E-state index is 6.98. The molecule has 2 aromatic heterocycles. The van der Waals surface area contributed by atoms with Crippen molar-refractivity contribution in [1.82, 2.24) is 0 Å². The van der Waals surface area contributed by atoms with E-state index in [9.17, 15) is 0 Å². The quantitative estimate of drug-likeness (QED) is 0.183. The van der Waals surface area contributed by atoms with Crippen LogP contribution in [-0.2, 0) is 5.41 Å². The third-order valence-electron chi connectivity index (χ3n) is 10.9. The highest BCUT2D eigenvalue weighted by Gasteiger charge is 2.47. The summed E-state index contributed by atoms with van der Waals surface area (Å²) in [6.45, 7) is 0. The van der Waals surface area contributed by atoms with Gasteiger partial charge in [-0.3, -0.25) is 0 Å². The third-order valence-corrected chi connectivity index (χ3v) is 10.9. The summed E-state index contributed by atoms with van der Waals surface area (Å²) in [5.41, 5.74) is 13.5. The molecule has 52 heavy (non-hydrogen) atoms. The van der Waals surface area contributed by atoms with Crippen LogP contribution in [0, 0.1) is 0 Å². The number of hydrogen-bond donors (Lipinski definition) is 0. The second-order valence-electron chi connectivity index (χ2n) is 13.6. The number of anilines is 3. The highest BCUT2D eigenvalue weighted by atomic mass is 16.3. The molecule has 3 nitrogen and oxygen atoms in total. The molecule has 0 aliphatic heterocycles. The smallest absolute Gasteiger partial charge is 0.140 e. The second kappa shape index (κ2) is 11.1. The molecule has 0 saturated heterocycles. The lowest BCUT2D eigenvalue weighted by molar-refractivity contribution is 0.648. The van der Waals surface area contributed by atoms with Crippen LogP contribution >= 0.6 is 0 Å². The monoisotopic (exact) mass is 665 g/mol. The molecule has 0 N–H and O–H groups in total. The molecule has 0 fully saturated rings. The fourth-order valence-electron chi connectivity index (χ4n) is 8.78. The van der Waals surface area contributed by atoms with Crippen molar-refractivity contribution in [3.63, 3.8) is 0 Å². The fraction of sp³-hybridized carbons (Fsp3) is 0.0204. The molecule has 3 heteroatoms. The zero-order valence-electron chi connectivity index (χ0n) is 28.2. The Hall–Kier alpha value is -6.84. The van der Waals surface area contributed by atoms with Crippen LogP contribution < -0.4 is 4.90 Å². The van der Waals surface area contributed by atoms with E-state index in [1.807, 2.05) is 12.1 Å². The maximum Gasteiger partial charge on any atom is 0.140 e. The first-order chi connectivity index (χ1) is 25.8. The van der Waals surface area contributed by atoms with E-state index in [0.29, 0.717) is 0 Å². The molecular formula is C49H31NO2. The van der Waals surface area contributed by atoms with Crippen molar-refractivity contribution >= 4 is 60.9 Å². The van der Waals surface area contributed by atoms with E-state index in [2.05, 4.69) is 181 Å². The average molecular weight is 666 g/mol. The van der Waals surface area contributed by atoms with Crippen molar-refractivity contribution in [3.05, 3.63) is 210 Å². The summed E-state index contributed by atoms with van der Waals surface area (Å²) in [5, 5.41) is 4.40. The molecule has 2 heterocycles. The van der Waals surface area contributed by atoms with Crippen LogP contribution in [0.1, 0.15) is 22.3 Å². The summed E-state index contributed by atoms with van der Waals surface area (Å²) >= 11 is 0. The van der Waals surface area contributed by atoms with Gasteiger partial charge < -0.3 is 13.7 Å². The molecule has 1 aliphatic carbocycles. The van der Waals surface area contributed by atoms with Crippen LogP contribution in [0.4, 0.5) is 17.1 Å². The lowest BCUT2D eigenvalue weighted by Gasteiger charge is -2.33. The summed E-state index contributed by atoms with van der Waals surface area (Å²) in [5.74, 6) is 0. The van der Waals surface area contributed by atoms with Gasteiger partial charge in [-0.2, -0.15) is 0 Å². The largest absolute Gasteiger partial charge is 0.456 e. The Morgan fingerprint density at radius 3 is 1.71 bits per heavy atom. The molecule has 0 atom stereocenters. The highest BCUT2D eigenvalue weighted by Crippen LogP contribution is 2.57. The summed E-state index contributed by atoms with van der Waals surface area (Å²) in [6, 6.07) is 67.1. The zero-order chi connectivity index (χ0) is 34.2. The van der Waals surface area contributed by atoms with Gasteiger partial charge in [0.2, 0.25) is 0 Å². The first-order valence-corrected chi connectivity index (χ1v) is 17.8. The molecule has 244 valence electrons. The second-order valence-corrected chi connectivity index (χ2v) is 13.6.